The quantitative estimate of drug-likeness (QED) is 0.593. The maximum absolute atomic E-state index is 13.3. The minimum atomic E-state index is -4.34. The molecule has 0 atom stereocenters. The molecule has 1 aliphatic carbocycles. The van der Waals surface area contributed by atoms with Gasteiger partial charge in [-0.2, -0.15) is 13.2 Å². The van der Waals surface area contributed by atoms with Gasteiger partial charge in [0.15, 0.2) is 0 Å². The molecule has 0 unspecified atom stereocenters. The fraction of sp³-hybridized carbons (Fsp3) is 0.458. The number of hydrogen-bond acceptors (Lipinski definition) is 2. The number of anilines is 2. The molecule has 2 aromatic carbocycles. The number of amides is 1. The lowest BCUT2D eigenvalue weighted by molar-refractivity contribution is -0.189. The lowest BCUT2D eigenvalue weighted by Crippen LogP contribution is -2.30. The Bertz CT molecular complexity index is 994. The van der Waals surface area contributed by atoms with Gasteiger partial charge in [0.2, 0.25) is 5.91 Å². The van der Waals surface area contributed by atoms with Gasteiger partial charge in [-0.1, -0.05) is 6.07 Å². The minimum Gasteiger partial charge on any atom is -0.367 e. The molecule has 4 rings (SSSR count). The van der Waals surface area contributed by atoms with Crippen LogP contribution in [0.4, 0.5) is 28.9 Å². The molecule has 166 valence electrons. The SMILES string of the molecule is Cc1cc2c(c(C)c1NC(=O)CC1(C(F)(F)F)CC1)CCCN(c1ccc(F)cc1)C2. The number of benzene rings is 2. The monoisotopic (exact) mass is 434 g/mol. The van der Waals surface area contributed by atoms with Gasteiger partial charge >= 0.3 is 6.18 Å². The maximum Gasteiger partial charge on any atom is 0.395 e. The van der Waals surface area contributed by atoms with E-state index in [4.69, 9.17) is 0 Å². The van der Waals surface area contributed by atoms with Gasteiger partial charge in [-0.25, -0.2) is 4.39 Å². The average molecular weight is 434 g/mol. The van der Waals surface area contributed by atoms with E-state index in [0.717, 1.165) is 47.3 Å². The van der Waals surface area contributed by atoms with Crippen LogP contribution >= 0.6 is 0 Å². The van der Waals surface area contributed by atoms with Crippen molar-refractivity contribution in [3.8, 4) is 0 Å². The van der Waals surface area contributed by atoms with E-state index in [1.54, 1.807) is 12.1 Å². The third kappa shape index (κ3) is 4.27. The second-order valence-corrected chi connectivity index (χ2v) is 8.84. The second-order valence-electron chi connectivity index (χ2n) is 8.84. The van der Waals surface area contributed by atoms with Gasteiger partial charge in [-0.05, 0) is 86.1 Å². The number of nitrogens with zero attached hydrogens (tertiary/aromatic N) is 1. The number of rotatable bonds is 4. The van der Waals surface area contributed by atoms with E-state index < -0.39 is 23.9 Å². The maximum atomic E-state index is 13.3. The molecule has 1 saturated carbocycles. The highest BCUT2D eigenvalue weighted by Gasteiger charge is 2.63. The number of fused-ring (bicyclic) bond motifs is 1. The zero-order valence-corrected chi connectivity index (χ0v) is 17.7. The molecule has 0 radical (unpaired) electrons. The topological polar surface area (TPSA) is 32.3 Å². The molecule has 1 fully saturated rings. The summed E-state index contributed by atoms with van der Waals surface area (Å²) in [5.41, 5.74) is 3.73. The van der Waals surface area contributed by atoms with Gasteiger partial charge in [0.25, 0.3) is 0 Å². The Balaban J connectivity index is 1.55. The van der Waals surface area contributed by atoms with Crippen LogP contribution in [-0.2, 0) is 17.8 Å². The van der Waals surface area contributed by atoms with Crippen LogP contribution < -0.4 is 10.2 Å². The first-order chi connectivity index (χ1) is 14.6. The molecule has 0 saturated heterocycles. The molecule has 1 amide bonds. The first-order valence-electron chi connectivity index (χ1n) is 10.6. The van der Waals surface area contributed by atoms with Gasteiger partial charge in [0.05, 0.1) is 5.41 Å². The third-order valence-corrected chi connectivity index (χ3v) is 6.63. The summed E-state index contributed by atoms with van der Waals surface area (Å²) in [7, 11) is 0. The normalized spacial score (nSPS) is 17.7. The van der Waals surface area contributed by atoms with Gasteiger partial charge in [0.1, 0.15) is 5.82 Å². The van der Waals surface area contributed by atoms with Crippen molar-refractivity contribution in [2.24, 2.45) is 5.41 Å². The number of carbonyl (C=O) groups excluding carboxylic acids is 1. The summed E-state index contributed by atoms with van der Waals surface area (Å²) in [5.74, 6) is -0.855. The predicted molar refractivity (Wildman–Crippen MR) is 113 cm³/mol. The highest BCUT2D eigenvalue weighted by Crippen LogP contribution is 2.60. The van der Waals surface area contributed by atoms with Crippen LogP contribution in [0.15, 0.2) is 30.3 Å². The van der Waals surface area contributed by atoms with Crippen molar-refractivity contribution >= 4 is 17.3 Å². The lowest BCUT2D eigenvalue weighted by Gasteiger charge is -2.24. The molecule has 7 heteroatoms. The minimum absolute atomic E-state index is 0.0191. The summed E-state index contributed by atoms with van der Waals surface area (Å²) < 4.78 is 52.9. The molecule has 2 aliphatic rings. The fourth-order valence-electron chi connectivity index (χ4n) is 4.60. The van der Waals surface area contributed by atoms with Gasteiger partial charge in [-0.15, -0.1) is 0 Å². The largest absolute Gasteiger partial charge is 0.395 e. The summed E-state index contributed by atoms with van der Waals surface area (Å²) in [6, 6.07) is 8.44. The average Bonchev–Trinajstić information content (AvgIpc) is 3.49. The highest BCUT2D eigenvalue weighted by molar-refractivity contribution is 5.93. The van der Waals surface area contributed by atoms with Crippen molar-refractivity contribution < 1.29 is 22.4 Å². The number of aryl methyl sites for hydroxylation is 1. The lowest BCUT2D eigenvalue weighted by atomic mass is 9.93. The molecule has 3 nitrogen and oxygen atoms in total. The molecule has 1 heterocycles. The van der Waals surface area contributed by atoms with Crippen LogP contribution in [0.3, 0.4) is 0 Å². The molecule has 0 spiro atoms. The molecule has 1 aliphatic heterocycles. The molecular weight excluding hydrogens is 408 g/mol. The zero-order valence-electron chi connectivity index (χ0n) is 17.7. The van der Waals surface area contributed by atoms with Crippen molar-refractivity contribution in [1.82, 2.24) is 0 Å². The fourth-order valence-corrected chi connectivity index (χ4v) is 4.60. The Labute approximate surface area is 179 Å². The van der Waals surface area contributed by atoms with Crippen molar-refractivity contribution in [2.45, 2.75) is 58.7 Å². The molecule has 31 heavy (non-hydrogen) atoms. The number of hydrogen-bond donors (Lipinski definition) is 1. The Hall–Kier alpha value is -2.57. The van der Waals surface area contributed by atoms with Gasteiger partial charge < -0.3 is 10.2 Å². The first-order valence-corrected chi connectivity index (χ1v) is 10.6. The molecule has 0 bridgehead atoms. The Kier molecular flexibility index (Phi) is 5.48. The Morgan fingerprint density at radius 1 is 1.16 bits per heavy atom. The van der Waals surface area contributed by atoms with Crippen molar-refractivity contribution in [2.75, 3.05) is 16.8 Å². The summed E-state index contributed by atoms with van der Waals surface area (Å²) >= 11 is 0. The van der Waals surface area contributed by atoms with Crippen LogP contribution in [0.2, 0.25) is 0 Å². The standard InChI is InChI=1S/C24H26F4N2O/c1-15-12-17-14-30(19-7-5-18(25)6-8-19)11-3-4-20(17)16(2)22(15)29-21(31)13-23(9-10-23)24(26,27)28/h5-8,12H,3-4,9-11,13-14H2,1-2H3,(H,29,31). The van der Waals surface area contributed by atoms with Crippen molar-refractivity contribution in [3.63, 3.8) is 0 Å². The Morgan fingerprint density at radius 3 is 2.45 bits per heavy atom. The molecular formula is C24H26F4N2O. The molecule has 1 N–H and O–H groups in total. The Morgan fingerprint density at radius 2 is 1.84 bits per heavy atom. The summed E-state index contributed by atoms with van der Waals surface area (Å²) in [6.07, 6.45) is -3.12. The van der Waals surface area contributed by atoms with Gasteiger partial charge in [0, 0.05) is 30.9 Å². The number of alkyl halides is 3. The number of nitrogens with one attached hydrogen (secondary N) is 1. The summed E-state index contributed by atoms with van der Waals surface area (Å²) in [6.45, 7) is 5.26. The molecule has 2 aromatic rings. The predicted octanol–water partition coefficient (Wildman–Crippen LogP) is 6.07. The van der Waals surface area contributed by atoms with E-state index in [9.17, 15) is 22.4 Å². The third-order valence-electron chi connectivity index (χ3n) is 6.63. The van der Waals surface area contributed by atoms with E-state index >= 15 is 0 Å². The van der Waals surface area contributed by atoms with Crippen molar-refractivity contribution in [1.29, 1.82) is 0 Å². The van der Waals surface area contributed by atoms with Crippen LogP contribution in [0.5, 0.6) is 0 Å². The van der Waals surface area contributed by atoms with Crippen molar-refractivity contribution in [3.05, 3.63) is 58.4 Å². The van der Waals surface area contributed by atoms with E-state index in [-0.39, 0.29) is 18.7 Å². The second kappa shape index (κ2) is 7.84. The smallest absolute Gasteiger partial charge is 0.367 e. The van der Waals surface area contributed by atoms with E-state index in [1.807, 2.05) is 19.9 Å². The van der Waals surface area contributed by atoms with Gasteiger partial charge in [-0.3, -0.25) is 4.79 Å². The van der Waals surface area contributed by atoms with E-state index in [1.165, 1.54) is 12.1 Å². The summed E-state index contributed by atoms with van der Waals surface area (Å²) in [5, 5.41) is 2.77. The van der Waals surface area contributed by atoms with Crippen LogP contribution in [0.1, 0.15) is 47.9 Å². The molecule has 0 aromatic heterocycles. The van der Waals surface area contributed by atoms with E-state index in [0.29, 0.717) is 12.2 Å². The first kappa shape index (κ1) is 21.7. The number of halogens is 4. The highest BCUT2D eigenvalue weighted by atomic mass is 19.4. The zero-order chi connectivity index (χ0) is 22.4. The van der Waals surface area contributed by atoms with E-state index in [2.05, 4.69) is 10.2 Å². The van der Waals surface area contributed by atoms with Crippen LogP contribution in [0, 0.1) is 25.1 Å². The summed E-state index contributed by atoms with van der Waals surface area (Å²) in [4.78, 5) is 14.7. The number of carbonyl (C=O) groups is 1. The van der Waals surface area contributed by atoms with Crippen LogP contribution in [-0.4, -0.2) is 18.6 Å². The van der Waals surface area contributed by atoms with Crippen LogP contribution in [0.25, 0.3) is 0 Å².